The van der Waals surface area contributed by atoms with Crippen LogP contribution in [0.5, 0.6) is 17.2 Å². The van der Waals surface area contributed by atoms with Gasteiger partial charge in [0, 0.05) is 24.6 Å². The molecule has 3 aromatic rings. The number of carbonyl (C=O) groups excluding carboxylic acids is 1. The lowest BCUT2D eigenvalue weighted by Crippen LogP contribution is -2.28. The van der Waals surface area contributed by atoms with Gasteiger partial charge in [0.25, 0.3) is 5.56 Å². The molecule has 174 valence electrons. The van der Waals surface area contributed by atoms with Gasteiger partial charge in [-0.1, -0.05) is 6.07 Å². The quantitative estimate of drug-likeness (QED) is 0.480. The van der Waals surface area contributed by atoms with Crippen LogP contribution in [-0.4, -0.2) is 36.0 Å². The summed E-state index contributed by atoms with van der Waals surface area (Å²) in [5, 5.41) is 7.28. The molecule has 33 heavy (non-hydrogen) atoms. The van der Waals surface area contributed by atoms with E-state index < -0.39 is 0 Å². The molecule has 8 nitrogen and oxygen atoms in total. The molecule has 1 aromatic heterocycles. The van der Waals surface area contributed by atoms with E-state index >= 15 is 0 Å². The maximum atomic E-state index is 12.4. The van der Waals surface area contributed by atoms with Crippen LogP contribution in [0.1, 0.15) is 25.8 Å². The third-order valence-electron chi connectivity index (χ3n) is 4.90. The Morgan fingerprint density at radius 1 is 0.970 bits per heavy atom. The van der Waals surface area contributed by atoms with Crippen LogP contribution in [0.15, 0.2) is 59.4 Å². The molecule has 2 aromatic carbocycles. The number of rotatable bonds is 11. The van der Waals surface area contributed by atoms with Gasteiger partial charge < -0.3 is 19.5 Å². The van der Waals surface area contributed by atoms with Gasteiger partial charge >= 0.3 is 0 Å². The number of aromatic nitrogens is 2. The van der Waals surface area contributed by atoms with Crippen molar-refractivity contribution < 1.29 is 19.0 Å². The van der Waals surface area contributed by atoms with Crippen LogP contribution < -0.4 is 25.1 Å². The van der Waals surface area contributed by atoms with E-state index in [1.54, 1.807) is 13.2 Å². The minimum atomic E-state index is -0.256. The lowest BCUT2D eigenvalue weighted by Gasteiger charge is -2.12. The Bertz CT molecular complexity index is 1130. The van der Waals surface area contributed by atoms with Gasteiger partial charge in [-0.3, -0.25) is 9.59 Å². The third-order valence-corrected chi connectivity index (χ3v) is 4.90. The monoisotopic (exact) mass is 451 g/mol. The van der Waals surface area contributed by atoms with Crippen molar-refractivity contribution in [1.29, 1.82) is 0 Å². The van der Waals surface area contributed by atoms with Gasteiger partial charge in [0.1, 0.15) is 5.75 Å². The molecule has 1 amide bonds. The number of nitrogens with zero attached hydrogens (tertiary/aromatic N) is 2. The molecule has 1 heterocycles. The summed E-state index contributed by atoms with van der Waals surface area (Å²) in [5.41, 5.74) is 2.15. The summed E-state index contributed by atoms with van der Waals surface area (Å²) in [6.45, 7) is 5.46. The highest BCUT2D eigenvalue weighted by Crippen LogP contribution is 2.28. The van der Waals surface area contributed by atoms with Gasteiger partial charge in [-0.25, -0.2) is 4.68 Å². The molecule has 0 aliphatic rings. The highest BCUT2D eigenvalue weighted by Gasteiger charge is 2.09. The minimum Gasteiger partial charge on any atom is -0.494 e. The Labute approximate surface area is 193 Å². The van der Waals surface area contributed by atoms with E-state index in [0.29, 0.717) is 37.0 Å². The summed E-state index contributed by atoms with van der Waals surface area (Å²) in [7, 11) is 1.58. The summed E-state index contributed by atoms with van der Waals surface area (Å²) < 4.78 is 17.6. The smallest absolute Gasteiger partial charge is 0.266 e. The molecule has 0 aliphatic carbocycles. The van der Waals surface area contributed by atoms with Crippen molar-refractivity contribution in [2.75, 3.05) is 20.3 Å². The zero-order valence-corrected chi connectivity index (χ0v) is 19.2. The highest BCUT2D eigenvalue weighted by molar-refractivity contribution is 5.75. The molecule has 1 N–H and O–H groups in total. The van der Waals surface area contributed by atoms with E-state index in [1.165, 1.54) is 10.7 Å². The lowest BCUT2D eigenvalue weighted by atomic mass is 10.1. The molecule has 0 bridgehead atoms. The number of aryl methyl sites for hydroxylation is 1. The van der Waals surface area contributed by atoms with Gasteiger partial charge in [-0.05, 0) is 61.9 Å². The zero-order valence-electron chi connectivity index (χ0n) is 19.2. The van der Waals surface area contributed by atoms with Crippen LogP contribution in [-0.2, 0) is 17.9 Å². The van der Waals surface area contributed by atoms with Crippen molar-refractivity contribution in [1.82, 2.24) is 15.1 Å². The standard InChI is InChI=1S/C25H29N3O5/c1-4-32-20-9-7-19(8-10-20)21-11-13-25(30)28(27-21)15-14-24(29)26-17-18-6-12-22(31-3)23(16-18)33-5-2/h6-13,16H,4-5,14-15,17H2,1-3H3,(H,26,29). The molecule has 0 saturated carbocycles. The second-order valence-electron chi connectivity index (χ2n) is 7.18. The predicted octanol–water partition coefficient (Wildman–Crippen LogP) is 3.42. The van der Waals surface area contributed by atoms with Gasteiger partial charge in [-0.15, -0.1) is 0 Å². The van der Waals surface area contributed by atoms with E-state index in [4.69, 9.17) is 14.2 Å². The normalized spacial score (nSPS) is 10.5. The lowest BCUT2D eigenvalue weighted by molar-refractivity contribution is -0.121. The molecule has 0 atom stereocenters. The van der Waals surface area contributed by atoms with Crippen molar-refractivity contribution >= 4 is 5.91 Å². The van der Waals surface area contributed by atoms with E-state index in [1.807, 2.05) is 56.3 Å². The number of benzene rings is 2. The van der Waals surface area contributed by atoms with Crippen molar-refractivity contribution in [3.05, 3.63) is 70.5 Å². The number of hydrogen-bond acceptors (Lipinski definition) is 6. The van der Waals surface area contributed by atoms with Crippen LogP contribution in [0.4, 0.5) is 0 Å². The number of carbonyl (C=O) groups is 1. The number of ether oxygens (including phenoxy) is 3. The van der Waals surface area contributed by atoms with Gasteiger partial charge in [0.05, 0.1) is 32.6 Å². The highest BCUT2D eigenvalue weighted by atomic mass is 16.5. The first-order valence-corrected chi connectivity index (χ1v) is 10.9. The molecular formula is C25H29N3O5. The maximum Gasteiger partial charge on any atom is 0.266 e. The molecule has 0 spiro atoms. The molecule has 0 saturated heterocycles. The Hall–Kier alpha value is -3.81. The first-order chi connectivity index (χ1) is 16.0. The third kappa shape index (κ3) is 6.58. The number of amides is 1. The maximum absolute atomic E-state index is 12.4. The molecule has 0 radical (unpaired) electrons. The number of nitrogens with one attached hydrogen (secondary N) is 1. The molecule has 3 rings (SSSR count). The fourth-order valence-electron chi connectivity index (χ4n) is 3.25. The van der Waals surface area contributed by atoms with Crippen LogP contribution >= 0.6 is 0 Å². The second kappa shape index (κ2) is 11.7. The Morgan fingerprint density at radius 3 is 2.42 bits per heavy atom. The van der Waals surface area contributed by atoms with Crippen molar-refractivity contribution in [2.45, 2.75) is 33.4 Å². The summed E-state index contributed by atoms with van der Waals surface area (Å²) >= 11 is 0. The van der Waals surface area contributed by atoms with E-state index in [9.17, 15) is 9.59 Å². The summed E-state index contributed by atoms with van der Waals surface area (Å²) in [4.78, 5) is 24.6. The predicted molar refractivity (Wildman–Crippen MR) is 126 cm³/mol. The van der Waals surface area contributed by atoms with E-state index in [0.717, 1.165) is 16.9 Å². The molecule has 8 heteroatoms. The fraction of sp³-hybridized carbons (Fsp3) is 0.320. The molecule has 0 fully saturated rings. The number of methoxy groups -OCH3 is 1. The van der Waals surface area contributed by atoms with E-state index in [-0.39, 0.29) is 24.4 Å². The van der Waals surface area contributed by atoms with E-state index in [2.05, 4.69) is 10.4 Å². The summed E-state index contributed by atoms with van der Waals surface area (Å²) in [5.74, 6) is 1.87. The largest absolute Gasteiger partial charge is 0.494 e. The Kier molecular flexibility index (Phi) is 8.46. The topological polar surface area (TPSA) is 91.7 Å². The molecule has 0 unspecified atom stereocenters. The fourth-order valence-corrected chi connectivity index (χ4v) is 3.25. The average Bonchev–Trinajstić information content (AvgIpc) is 2.83. The first kappa shape index (κ1) is 23.8. The van der Waals surface area contributed by atoms with Crippen molar-refractivity contribution in [2.24, 2.45) is 0 Å². The zero-order chi connectivity index (χ0) is 23.6. The SMILES string of the molecule is CCOc1ccc(-c2ccc(=O)n(CCC(=O)NCc3ccc(OC)c(OCC)c3)n2)cc1. The van der Waals surface area contributed by atoms with Gasteiger partial charge in [-0.2, -0.15) is 5.10 Å². The van der Waals surface area contributed by atoms with Gasteiger partial charge in [0.15, 0.2) is 11.5 Å². The minimum absolute atomic E-state index is 0.133. The Balaban J connectivity index is 1.59. The average molecular weight is 452 g/mol. The summed E-state index contributed by atoms with van der Waals surface area (Å²) in [6.07, 6.45) is 0.133. The van der Waals surface area contributed by atoms with Crippen molar-refractivity contribution in [3.8, 4) is 28.5 Å². The molecule has 0 aliphatic heterocycles. The summed E-state index contributed by atoms with van der Waals surface area (Å²) in [6, 6.07) is 16.2. The van der Waals surface area contributed by atoms with Gasteiger partial charge in [0.2, 0.25) is 5.91 Å². The van der Waals surface area contributed by atoms with Crippen LogP contribution in [0.3, 0.4) is 0 Å². The Morgan fingerprint density at radius 2 is 1.73 bits per heavy atom. The molecular weight excluding hydrogens is 422 g/mol. The van der Waals surface area contributed by atoms with Crippen molar-refractivity contribution in [3.63, 3.8) is 0 Å². The second-order valence-corrected chi connectivity index (χ2v) is 7.18. The van der Waals surface area contributed by atoms with Crippen LogP contribution in [0, 0.1) is 0 Å². The van der Waals surface area contributed by atoms with Crippen LogP contribution in [0.2, 0.25) is 0 Å². The first-order valence-electron chi connectivity index (χ1n) is 10.9. The van der Waals surface area contributed by atoms with Crippen LogP contribution in [0.25, 0.3) is 11.3 Å². The number of hydrogen-bond donors (Lipinski definition) is 1.